The Morgan fingerprint density at radius 2 is 2.19 bits per heavy atom. The molecule has 0 aliphatic heterocycles. The van der Waals surface area contributed by atoms with Crippen molar-refractivity contribution in [3.8, 4) is 0 Å². The van der Waals surface area contributed by atoms with Gasteiger partial charge in [0.1, 0.15) is 5.82 Å². The zero-order valence-electron chi connectivity index (χ0n) is 12.7. The van der Waals surface area contributed by atoms with Crippen LogP contribution < -0.4 is 5.32 Å². The maximum absolute atomic E-state index is 13.4. The summed E-state index contributed by atoms with van der Waals surface area (Å²) in [5, 5.41) is 12.3. The molecule has 21 heavy (non-hydrogen) atoms. The normalized spacial score (nSPS) is 22.3. The van der Waals surface area contributed by atoms with Gasteiger partial charge in [-0.2, -0.15) is 0 Å². The van der Waals surface area contributed by atoms with Crippen LogP contribution in [0.15, 0.2) is 18.2 Å². The first-order valence-electron chi connectivity index (χ1n) is 7.75. The highest BCUT2D eigenvalue weighted by molar-refractivity contribution is 5.89. The molecule has 116 valence electrons. The molecular weight excluding hydrogens is 269 g/mol. The molecule has 0 saturated heterocycles. The Kier molecular flexibility index (Phi) is 5.21. The Morgan fingerprint density at radius 1 is 1.43 bits per heavy atom. The van der Waals surface area contributed by atoms with Gasteiger partial charge in [0.2, 0.25) is 0 Å². The fraction of sp³-hybridized carbons (Fsp3) is 0.588. The first-order chi connectivity index (χ1) is 9.95. The number of nitrogens with one attached hydrogen (secondary N) is 1. The number of rotatable bonds is 5. The quantitative estimate of drug-likeness (QED) is 0.838. The third-order valence-corrected chi connectivity index (χ3v) is 4.16. The second-order valence-corrected chi connectivity index (χ2v) is 6.50. The highest BCUT2D eigenvalue weighted by Crippen LogP contribution is 2.31. The Hall–Kier alpha value is -1.58. The van der Waals surface area contributed by atoms with Crippen molar-refractivity contribution in [2.24, 2.45) is 11.8 Å². The predicted molar refractivity (Wildman–Crippen MR) is 82.2 cm³/mol. The maximum atomic E-state index is 13.4. The van der Waals surface area contributed by atoms with Crippen molar-refractivity contribution in [1.29, 1.82) is 0 Å². The van der Waals surface area contributed by atoms with Crippen LogP contribution in [0.5, 0.6) is 0 Å². The van der Waals surface area contributed by atoms with Crippen LogP contribution in [0.25, 0.3) is 0 Å². The smallest absolute Gasteiger partial charge is 0.338 e. The average molecular weight is 293 g/mol. The zero-order chi connectivity index (χ0) is 15.4. The fourth-order valence-corrected chi connectivity index (χ4v) is 3.32. The van der Waals surface area contributed by atoms with Crippen LogP contribution >= 0.6 is 0 Å². The minimum atomic E-state index is -1.22. The van der Waals surface area contributed by atoms with Crippen molar-refractivity contribution in [3.05, 3.63) is 29.6 Å². The second-order valence-electron chi connectivity index (χ2n) is 6.50. The Balaban J connectivity index is 2.01. The molecular formula is C17H24FNO2. The number of carbonyl (C=O) groups is 1. The molecule has 2 N–H and O–H groups in total. The molecule has 0 heterocycles. The van der Waals surface area contributed by atoms with Gasteiger partial charge in [0.15, 0.2) is 0 Å². The fourth-order valence-electron chi connectivity index (χ4n) is 3.32. The van der Waals surface area contributed by atoms with E-state index in [9.17, 15) is 9.18 Å². The van der Waals surface area contributed by atoms with Crippen LogP contribution in [-0.2, 0) is 0 Å². The van der Waals surface area contributed by atoms with Crippen molar-refractivity contribution in [3.63, 3.8) is 0 Å². The molecule has 1 aliphatic rings. The van der Waals surface area contributed by atoms with Crippen molar-refractivity contribution in [2.45, 2.75) is 52.0 Å². The van der Waals surface area contributed by atoms with Gasteiger partial charge in [-0.25, -0.2) is 9.18 Å². The minimum absolute atomic E-state index is 0.269. The summed E-state index contributed by atoms with van der Waals surface area (Å²) in [5.41, 5.74) is 0.429. The summed E-state index contributed by atoms with van der Waals surface area (Å²) in [7, 11) is 0. The molecule has 0 bridgehead atoms. The average Bonchev–Trinajstić information content (AvgIpc) is 2.40. The summed E-state index contributed by atoms with van der Waals surface area (Å²) in [6.07, 6.45) is 5.91. The topological polar surface area (TPSA) is 49.3 Å². The van der Waals surface area contributed by atoms with Crippen LogP contribution in [0.1, 0.15) is 56.3 Å². The summed E-state index contributed by atoms with van der Waals surface area (Å²) in [5.74, 6) is -0.472. The lowest BCUT2D eigenvalue weighted by Gasteiger charge is -2.31. The number of hydrogen-bond acceptors (Lipinski definition) is 2. The lowest BCUT2D eigenvalue weighted by Crippen LogP contribution is -2.28. The lowest BCUT2D eigenvalue weighted by molar-refractivity contribution is 0.0692. The number of benzene rings is 1. The van der Waals surface area contributed by atoms with Crippen LogP contribution in [-0.4, -0.2) is 17.1 Å². The molecule has 1 aromatic carbocycles. The third-order valence-electron chi connectivity index (χ3n) is 4.16. The maximum Gasteiger partial charge on any atom is 0.338 e. The molecule has 0 amide bonds. The molecule has 0 radical (unpaired) electrons. The van der Waals surface area contributed by atoms with Crippen molar-refractivity contribution in [2.75, 3.05) is 5.32 Å². The number of anilines is 1. The summed E-state index contributed by atoms with van der Waals surface area (Å²) in [6.45, 7) is 4.49. The molecule has 4 heteroatoms. The minimum Gasteiger partial charge on any atom is -0.478 e. The van der Waals surface area contributed by atoms with Gasteiger partial charge in [0, 0.05) is 11.7 Å². The molecule has 3 nitrogen and oxygen atoms in total. The van der Waals surface area contributed by atoms with E-state index in [0.717, 1.165) is 18.8 Å². The molecule has 0 spiro atoms. The highest BCUT2D eigenvalue weighted by Gasteiger charge is 2.23. The van der Waals surface area contributed by atoms with Gasteiger partial charge in [-0.15, -0.1) is 0 Å². The van der Waals surface area contributed by atoms with E-state index in [4.69, 9.17) is 5.11 Å². The van der Waals surface area contributed by atoms with Crippen LogP contribution in [0, 0.1) is 17.7 Å². The van der Waals surface area contributed by atoms with E-state index in [0.29, 0.717) is 17.6 Å². The van der Waals surface area contributed by atoms with Gasteiger partial charge >= 0.3 is 5.97 Å². The van der Waals surface area contributed by atoms with E-state index in [1.165, 1.54) is 31.4 Å². The standard InChI is InChI=1S/C17H24FNO2/c1-11(2)8-12-4-3-5-13(9-12)19-14-6-7-16(18)15(10-14)17(20)21/h6-7,10-13,19H,3-5,8-9H2,1-2H3,(H,20,21). The number of hydrogen-bond donors (Lipinski definition) is 2. The van der Waals surface area contributed by atoms with Gasteiger partial charge in [-0.05, 0) is 49.3 Å². The summed E-state index contributed by atoms with van der Waals surface area (Å²) >= 11 is 0. The summed E-state index contributed by atoms with van der Waals surface area (Å²) < 4.78 is 13.4. The molecule has 1 fully saturated rings. The molecule has 2 rings (SSSR count). The van der Waals surface area contributed by atoms with Gasteiger partial charge < -0.3 is 10.4 Å². The van der Waals surface area contributed by atoms with Crippen LogP contribution in [0.4, 0.5) is 10.1 Å². The molecule has 2 atom stereocenters. The van der Waals surface area contributed by atoms with Gasteiger partial charge in [0.25, 0.3) is 0 Å². The second kappa shape index (κ2) is 6.92. The Labute approximate surface area is 125 Å². The van der Waals surface area contributed by atoms with E-state index in [1.807, 2.05) is 0 Å². The SMILES string of the molecule is CC(C)CC1CCCC(Nc2ccc(F)c(C(=O)O)c2)C1. The Morgan fingerprint density at radius 3 is 2.86 bits per heavy atom. The third kappa shape index (κ3) is 4.45. The molecule has 1 aliphatic carbocycles. The van der Waals surface area contributed by atoms with Gasteiger partial charge in [-0.3, -0.25) is 0 Å². The first kappa shape index (κ1) is 15.8. The van der Waals surface area contributed by atoms with Crippen molar-refractivity contribution >= 4 is 11.7 Å². The van der Waals surface area contributed by atoms with Gasteiger partial charge in [-0.1, -0.05) is 26.7 Å². The number of carboxylic acid groups (broad SMARTS) is 1. The number of halogens is 1. The molecule has 1 saturated carbocycles. The summed E-state index contributed by atoms with van der Waals surface area (Å²) in [4.78, 5) is 11.0. The number of aromatic carboxylic acids is 1. The highest BCUT2D eigenvalue weighted by atomic mass is 19.1. The zero-order valence-corrected chi connectivity index (χ0v) is 12.7. The Bertz CT molecular complexity index is 502. The van der Waals surface area contributed by atoms with Crippen molar-refractivity contribution in [1.82, 2.24) is 0 Å². The molecule has 0 aromatic heterocycles. The number of carboxylic acids is 1. The lowest BCUT2D eigenvalue weighted by atomic mass is 9.81. The van der Waals surface area contributed by atoms with Crippen molar-refractivity contribution < 1.29 is 14.3 Å². The largest absolute Gasteiger partial charge is 0.478 e. The van der Waals surface area contributed by atoms with E-state index < -0.39 is 11.8 Å². The predicted octanol–water partition coefficient (Wildman–Crippen LogP) is 4.54. The monoisotopic (exact) mass is 293 g/mol. The molecule has 2 unspecified atom stereocenters. The summed E-state index contributed by atoms with van der Waals surface area (Å²) in [6, 6.07) is 4.59. The first-order valence-corrected chi connectivity index (χ1v) is 7.75. The van der Waals surface area contributed by atoms with Crippen LogP contribution in [0.2, 0.25) is 0 Å². The van der Waals surface area contributed by atoms with Gasteiger partial charge in [0.05, 0.1) is 5.56 Å². The van der Waals surface area contributed by atoms with Crippen LogP contribution in [0.3, 0.4) is 0 Å². The molecule has 1 aromatic rings. The van der Waals surface area contributed by atoms with E-state index >= 15 is 0 Å². The van der Waals surface area contributed by atoms with E-state index in [2.05, 4.69) is 19.2 Å². The van der Waals surface area contributed by atoms with E-state index in [1.54, 1.807) is 6.07 Å². The van der Waals surface area contributed by atoms with E-state index in [-0.39, 0.29) is 5.56 Å².